The molecule has 108 valence electrons. The molecule has 2 heterocycles. The fraction of sp³-hybridized carbons (Fsp3) is 0.500. The molecule has 0 unspecified atom stereocenters. The van der Waals surface area contributed by atoms with Crippen LogP contribution in [-0.4, -0.2) is 21.5 Å². The molecule has 0 atom stereocenters. The Balaban J connectivity index is 2.49. The highest BCUT2D eigenvalue weighted by Crippen LogP contribution is 2.29. The van der Waals surface area contributed by atoms with Crippen molar-refractivity contribution in [2.24, 2.45) is 5.92 Å². The summed E-state index contributed by atoms with van der Waals surface area (Å²) in [6.45, 7) is 9.25. The second kappa shape index (κ2) is 6.63. The Kier molecular flexibility index (Phi) is 5.10. The number of thiazole rings is 1. The molecule has 6 heteroatoms. The van der Waals surface area contributed by atoms with Gasteiger partial charge in [0.1, 0.15) is 5.82 Å². The first-order valence-electron chi connectivity index (χ1n) is 6.74. The largest absolute Gasteiger partial charge is 0.369 e. The summed E-state index contributed by atoms with van der Waals surface area (Å²) < 4.78 is 0.963. The number of aryl methyl sites for hydroxylation is 1. The van der Waals surface area contributed by atoms with Crippen LogP contribution in [0.15, 0.2) is 9.85 Å². The summed E-state index contributed by atoms with van der Waals surface area (Å²) in [5, 5.41) is 6.18. The zero-order chi connectivity index (χ0) is 14.7. The summed E-state index contributed by atoms with van der Waals surface area (Å²) in [5.74, 6) is 2.10. The first kappa shape index (κ1) is 15.4. The molecule has 4 nitrogen and oxygen atoms in total. The number of rotatable bonds is 5. The molecule has 20 heavy (non-hydrogen) atoms. The van der Waals surface area contributed by atoms with E-state index in [-0.39, 0.29) is 0 Å². The topological polar surface area (TPSA) is 50.7 Å². The predicted octanol–water partition coefficient (Wildman–Crippen LogP) is 4.30. The van der Waals surface area contributed by atoms with Crippen molar-refractivity contribution in [3.8, 4) is 10.8 Å². The zero-order valence-electron chi connectivity index (χ0n) is 12.2. The zero-order valence-corrected chi connectivity index (χ0v) is 14.6. The van der Waals surface area contributed by atoms with E-state index >= 15 is 0 Å². The van der Waals surface area contributed by atoms with Crippen LogP contribution in [0, 0.1) is 12.8 Å². The molecular formula is C14H19BrN4S. The molecule has 2 aromatic heterocycles. The van der Waals surface area contributed by atoms with E-state index in [0.717, 1.165) is 39.7 Å². The maximum atomic E-state index is 4.69. The summed E-state index contributed by atoms with van der Waals surface area (Å²) in [7, 11) is 0. The van der Waals surface area contributed by atoms with E-state index in [4.69, 9.17) is 0 Å². The maximum Gasteiger partial charge on any atom is 0.191 e. The molecule has 0 saturated carbocycles. The molecule has 2 aromatic rings. The number of nitrogens with zero attached hydrogens (tertiary/aromatic N) is 3. The normalized spacial score (nSPS) is 11.1. The number of hydrogen-bond acceptors (Lipinski definition) is 5. The molecule has 0 amide bonds. The lowest BCUT2D eigenvalue weighted by molar-refractivity contribution is 0.632. The van der Waals surface area contributed by atoms with Crippen LogP contribution in [-0.2, 0) is 6.42 Å². The first-order valence-corrected chi connectivity index (χ1v) is 8.41. The van der Waals surface area contributed by atoms with E-state index < -0.39 is 0 Å². The van der Waals surface area contributed by atoms with Crippen LogP contribution in [0.3, 0.4) is 0 Å². The first-order chi connectivity index (χ1) is 9.51. The minimum atomic E-state index is 0.543. The van der Waals surface area contributed by atoms with E-state index in [9.17, 15) is 0 Å². The van der Waals surface area contributed by atoms with Gasteiger partial charge in [0.2, 0.25) is 0 Å². The third-order valence-electron chi connectivity index (χ3n) is 2.68. The van der Waals surface area contributed by atoms with Crippen LogP contribution in [0.1, 0.15) is 32.2 Å². The van der Waals surface area contributed by atoms with Crippen LogP contribution < -0.4 is 5.32 Å². The summed E-state index contributed by atoms with van der Waals surface area (Å²) in [6.07, 6.45) is 0.916. The average molecular weight is 355 g/mol. The molecule has 1 N–H and O–H groups in total. The van der Waals surface area contributed by atoms with E-state index in [2.05, 4.69) is 57.0 Å². The van der Waals surface area contributed by atoms with Crippen LogP contribution in [0.4, 0.5) is 5.82 Å². The molecule has 0 aliphatic heterocycles. The van der Waals surface area contributed by atoms with E-state index in [1.807, 2.05) is 12.3 Å². The van der Waals surface area contributed by atoms with Crippen molar-refractivity contribution in [2.75, 3.05) is 11.9 Å². The highest BCUT2D eigenvalue weighted by atomic mass is 79.9. The van der Waals surface area contributed by atoms with Gasteiger partial charge in [0.25, 0.3) is 0 Å². The Morgan fingerprint density at radius 1 is 1.30 bits per heavy atom. The van der Waals surface area contributed by atoms with Crippen molar-refractivity contribution < 1.29 is 0 Å². The molecule has 0 fully saturated rings. The van der Waals surface area contributed by atoms with Crippen molar-refractivity contribution in [2.45, 2.75) is 34.1 Å². The number of nitrogens with one attached hydrogen (secondary N) is 1. The fourth-order valence-electron chi connectivity index (χ4n) is 1.85. The summed E-state index contributed by atoms with van der Waals surface area (Å²) in [5.41, 5.74) is 2.04. The Morgan fingerprint density at radius 2 is 2.05 bits per heavy atom. The third-order valence-corrected chi connectivity index (χ3v) is 4.47. The van der Waals surface area contributed by atoms with Crippen LogP contribution in [0.5, 0.6) is 0 Å². The second-order valence-electron chi connectivity index (χ2n) is 5.08. The van der Waals surface area contributed by atoms with Crippen molar-refractivity contribution in [1.82, 2.24) is 15.0 Å². The predicted molar refractivity (Wildman–Crippen MR) is 88.3 cm³/mol. The molecule has 0 aliphatic rings. The van der Waals surface area contributed by atoms with Gasteiger partial charge in [0.05, 0.1) is 10.2 Å². The van der Waals surface area contributed by atoms with Gasteiger partial charge in [0.15, 0.2) is 10.8 Å². The number of aromatic nitrogens is 3. The van der Waals surface area contributed by atoms with Gasteiger partial charge in [-0.3, -0.25) is 0 Å². The Morgan fingerprint density at radius 3 is 2.60 bits per heavy atom. The molecule has 0 saturated heterocycles. The number of halogens is 1. The van der Waals surface area contributed by atoms with Crippen LogP contribution >= 0.6 is 27.3 Å². The molecule has 0 radical (unpaired) electrons. The quantitative estimate of drug-likeness (QED) is 0.869. The standard InChI is InChI=1S/C14H19BrN4S/c1-5-16-12-11(15)10(6-8(2)3)18-13(19-12)14-17-9(4)7-20-14/h7-8H,5-6H2,1-4H3,(H,16,18,19). The van der Waals surface area contributed by atoms with Crippen molar-refractivity contribution >= 4 is 33.1 Å². The molecular weight excluding hydrogens is 336 g/mol. The van der Waals surface area contributed by atoms with Crippen LogP contribution in [0.2, 0.25) is 0 Å². The van der Waals surface area contributed by atoms with E-state index in [1.54, 1.807) is 11.3 Å². The molecule has 0 aromatic carbocycles. The van der Waals surface area contributed by atoms with Gasteiger partial charge in [-0.05, 0) is 42.1 Å². The van der Waals surface area contributed by atoms with Gasteiger partial charge in [-0.15, -0.1) is 11.3 Å². The lowest BCUT2D eigenvalue weighted by Gasteiger charge is -2.12. The molecule has 2 rings (SSSR count). The van der Waals surface area contributed by atoms with Gasteiger partial charge in [-0.2, -0.15) is 0 Å². The minimum Gasteiger partial charge on any atom is -0.369 e. The lowest BCUT2D eigenvalue weighted by atomic mass is 10.1. The average Bonchev–Trinajstić information content (AvgIpc) is 2.80. The van der Waals surface area contributed by atoms with E-state index in [1.165, 1.54) is 0 Å². The van der Waals surface area contributed by atoms with Crippen molar-refractivity contribution in [3.05, 3.63) is 21.2 Å². The maximum absolute atomic E-state index is 4.69. The van der Waals surface area contributed by atoms with Crippen molar-refractivity contribution in [3.63, 3.8) is 0 Å². The molecule has 0 aliphatic carbocycles. The van der Waals surface area contributed by atoms with Crippen LogP contribution in [0.25, 0.3) is 10.8 Å². The Bertz CT molecular complexity index is 595. The fourth-order valence-corrected chi connectivity index (χ4v) is 3.06. The summed E-state index contributed by atoms with van der Waals surface area (Å²) in [4.78, 5) is 13.8. The highest BCUT2D eigenvalue weighted by Gasteiger charge is 2.15. The SMILES string of the molecule is CCNc1nc(-c2nc(C)cs2)nc(CC(C)C)c1Br. The van der Waals surface area contributed by atoms with Gasteiger partial charge in [0, 0.05) is 17.6 Å². The van der Waals surface area contributed by atoms with Gasteiger partial charge < -0.3 is 5.32 Å². The summed E-state index contributed by atoms with van der Waals surface area (Å²) in [6, 6.07) is 0. The number of hydrogen-bond donors (Lipinski definition) is 1. The van der Waals surface area contributed by atoms with E-state index in [0.29, 0.717) is 11.7 Å². The third kappa shape index (κ3) is 3.55. The number of anilines is 1. The Labute approximate surface area is 132 Å². The Hall–Kier alpha value is -1.01. The summed E-state index contributed by atoms with van der Waals surface area (Å²) >= 11 is 5.20. The highest BCUT2D eigenvalue weighted by molar-refractivity contribution is 9.10. The molecule has 0 bridgehead atoms. The second-order valence-corrected chi connectivity index (χ2v) is 6.73. The van der Waals surface area contributed by atoms with Gasteiger partial charge in [-0.25, -0.2) is 15.0 Å². The lowest BCUT2D eigenvalue weighted by Crippen LogP contribution is -2.08. The smallest absolute Gasteiger partial charge is 0.191 e. The minimum absolute atomic E-state index is 0.543. The monoisotopic (exact) mass is 354 g/mol. The van der Waals surface area contributed by atoms with Gasteiger partial charge in [-0.1, -0.05) is 13.8 Å². The van der Waals surface area contributed by atoms with Crippen molar-refractivity contribution in [1.29, 1.82) is 0 Å². The van der Waals surface area contributed by atoms with Gasteiger partial charge >= 0.3 is 0 Å². The molecule has 0 spiro atoms.